The van der Waals surface area contributed by atoms with Gasteiger partial charge in [-0.25, -0.2) is 13.8 Å². The number of rotatable bonds is 6. The molecular formula is C25H21F2N5. The van der Waals surface area contributed by atoms with Crippen LogP contribution in [0.1, 0.15) is 31.0 Å². The fourth-order valence-corrected chi connectivity index (χ4v) is 3.78. The van der Waals surface area contributed by atoms with E-state index >= 15 is 0 Å². The molecule has 5 rings (SSSR count). The average Bonchev–Trinajstić information content (AvgIpc) is 3.49. The molecule has 3 aromatic heterocycles. The van der Waals surface area contributed by atoms with Crippen molar-refractivity contribution in [2.24, 2.45) is 4.99 Å². The minimum absolute atomic E-state index is 0.469. The Balaban J connectivity index is 1.48. The molecule has 1 aliphatic rings. The molecule has 0 bridgehead atoms. The summed E-state index contributed by atoms with van der Waals surface area (Å²) in [6.45, 7) is 3.51. The van der Waals surface area contributed by atoms with Gasteiger partial charge in [-0.2, -0.15) is 5.10 Å². The van der Waals surface area contributed by atoms with E-state index in [1.807, 2.05) is 41.2 Å². The molecule has 160 valence electrons. The van der Waals surface area contributed by atoms with Gasteiger partial charge in [-0.3, -0.25) is 14.7 Å². The number of pyridine rings is 2. The van der Waals surface area contributed by atoms with E-state index in [1.54, 1.807) is 6.20 Å². The number of aryl methyl sites for hydroxylation is 1. The third-order valence-electron chi connectivity index (χ3n) is 5.48. The molecule has 4 heterocycles. The third kappa shape index (κ3) is 3.82. The largest absolute Gasteiger partial charge is 0.280 e. The van der Waals surface area contributed by atoms with E-state index < -0.39 is 11.6 Å². The molecule has 0 N–H and O–H groups in total. The number of nitrogens with zero attached hydrogens (tertiary/aromatic N) is 5. The van der Waals surface area contributed by atoms with Gasteiger partial charge in [0.15, 0.2) is 11.6 Å². The van der Waals surface area contributed by atoms with Crippen LogP contribution in [0.3, 0.4) is 0 Å². The van der Waals surface area contributed by atoms with Crippen molar-refractivity contribution in [3.63, 3.8) is 0 Å². The lowest BCUT2D eigenvalue weighted by Crippen LogP contribution is -2.04. The minimum Gasteiger partial charge on any atom is -0.280 e. The monoisotopic (exact) mass is 429 g/mol. The van der Waals surface area contributed by atoms with Crippen molar-refractivity contribution in [3.05, 3.63) is 83.8 Å². The highest BCUT2D eigenvalue weighted by molar-refractivity contribution is 6.32. The molecule has 4 aromatic rings. The summed E-state index contributed by atoms with van der Waals surface area (Å²) < 4.78 is 29.1. The van der Waals surface area contributed by atoms with Crippen LogP contribution in [0.15, 0.2) is 65.9 Å². The lowest BCUT2D eigenvalue weighted by molar-refractivity contribution is 0.508. The second-order valence-corrected chi connectivity index (χ2v) is 7.71. The molecule has 0 spiro atoms. The number of aliphatic imine (C=N–C) groups is 1. The van der Waals surface area contributed by atoms with Crippen LogP contribution in [0, 0.1) is 11.6 Å². The average molecular weight is 429 g/mol. The highest BCUT2D eigenvalue weighted by Crippen LogP contribution is 2.27. The van der Waals surface area contributed by atoms with E-state index in [2.05, 4.69) is 22.0 Å². The van der Waals surface area contributed by atoms with Crippen molar-refractivity contribution < 1.29 is 8.78 Å². The SMILES string of the molecule is CCCCn1ccc(-c2cnc3ccc(C4=CCN=C4c4ccc(F)c(F)c4)nc3c2)n1. The first-order valence-electron chi connectivity index (χ1n) is 10.6. The van der Waals surface area contributed by atoms with Crippen molar-refractivity contribution in [2.45, 2.75) is 26.3 Å². The molecule has 1 aliphatic heterocycles. The zero-order chi connectivity index (χ0) is 22.1. The smallest absolute Gasteiger partial charge is 0.159 e. The minimum atomic E-state index is -0.893. The predicted molar refractivity (Wildman–Crippen MR) is 121 cm³/mol. The normalized spacial score (nSPS) is 13.5. The van der Waals surface area contributed by atoms with Gasteiger partial charge in [0.05, 0.1) is 34.7 Å². The number of benzene rings is 1. The maximum atomic E-state index is 13.8. The van der Waals surface area contributed by atoms with Crippen molar-refractivity contribution in [2.75, 3.05) is 6.54 Å². The van der Waals surface area contributed by atoms with Crippen LogP contribution in [0.2, 0.25) is 0 Å². The van der Waals surface area contributed by atoms with Crippen LogP contribution < -0.4 is 0 Å². The summed E-state index contributed by atoms with van der Waals surface area (Å²) >= 11 is 0. The Kier molecular flexibility index (Phi) is 5.31. The van der Waals surface area contributed by atoms with Gasteiger partial charge in [0.2, 0.25) is 0 Å². The molecule has 32 heavy (non-hydrogen) atoms. The molecule has 0 saturated heterocycles. The predicted octanol–water partition coefficient (Wildman–Crippen LogP) is 5.46. The number of allylic oxidation sites excluding steroid dienone is 1. The van der Waals surface area contributed by atoms with Crippen LogP contribution in [0.25, 0.3) is 27.9 Å². The number of aromatic nitrogens is 4. The molecule has 0 saturated carbocycles. The van der Waals surface area contributed by atoms with Crippen LogP contribution in [-0.2, 0) is 6.54 Å². The van der Waals surface area contributed by atoms with E-state index in [0.717, 1.165) is 53.3 Å². The highest BCUT2D eigenvalue weighted by Gasteiger charge is 2.19. The Labute approximate surface area is 184 Å². The van der Waals surface area contributed by atoms with Crippen molar-refractivity contribution >= 4 is 22.3 Å². The molecule has 5 nitrogen and oxygen atoms in total. The van der Waals surface area contributed by atoms with Crippen molar-refractivity contribution in [1.29, 1.82) is 0 Å². The van der Waals surface area contributed by atoms with Crippen LogP contribution >= 0.6 is 0 Å². The second kappa shape index (κ2) is 8.42. The van der Waals surface area contributed by atoms with Crippen molar-refractivity contribution in [1.82, 2.24) is 19.7 Å². The molecule has 0 atom stereocenters. The van der Waals surface area contributed by atoms with Crippen molar-refractivity contribution in [3.8, 4) is 11.3 Å². The number of halogens is 2. The standard InChI is InChI=1S/C25H21F2N5/c1-2-3-11-32-12-9-21(31-32)17-14-24-23(29-15-17)7-6-22(30-24)18-8-10-28-25(18)16-4-5-19(26)20(27)13-16/h4-9,12-15H,2-3,10-11H2,1H3. The van der Waals surface area contributed by atoms with Gasteiger partial charge in [-0.15, -0.1) is 0 Å². The van der Waals surface area contributed by atoms with Gasteiger partial charge in [-0.1, -0.05) is 19.4 Å². The summed E-state index contributed by atoms with van der Waals surface area (Å²) in [7, 11) is 0. The maximum absolute atomic E-state index is 13.8. The molecule has 0 unspecified atom stereocenters. The van der Waals surface area contributed by atoms with Gasteiger partial charge in [0.25, 0.3) is 0 Å². The van der Waals surface area contributed by atoms with Gasteiger partial charge in [-0.05, 0) is 48.9 Å². The van der Waals surface area contributed by atoms with Gasteiger partial charge < -0.3 is 0 Å². The Morgan fingerprint density at radius 1 is 0.938 bits per heavy atom. The molecule has 0 radical (unpaired) electrons. The topological polar surface area (TPSA) is 56.0 Å². The molecule has 0 aliphatic carbocycles. The summed E-state index contributed by atoms with van der Waals surface area (Å²) in [6.07, 6.45) is 7.92. The van der Waals surface area contributed by atoms with Crippen LogP contribution in [0.4, 0.5) is 8.78 Å². The lowest BCUT2D eigenvalue weighted by atomic mass is 10.00. The summed E-state index contributed by atoms with van der Waals surface area (Å²) in [5, 5.41) is 4.64. The lowest BCUT2D eigenvalue weighted by Gasteiger charge is -2.09. The zero-order valence-corrected chi connectivity index (χ0v) is 17.6. The number of hydrogen-bond donors (Lipinski definition) is 0. The Bertz CT molecular complexity index is 1370. The van der Waals surface area contributed by atoms with E-state index in [9.17, 15) is 8.78 Å². The number of hydrogen-bond acceptors (Lipinski definition) is 4. The van der Waals surface area contributed by atoms with E-state index in [-0.39, 0.29) is 0 Å². The molecule has 0 amide bonds. The first-order valence-corrected chi connectivity index (χ1v) is 10.6. The highest BCUT2D eigenvalue weighted by atomic mass is 19.2. The van der Waals surface area contributed by atoms with E-state index in [0.29, 0.717) is 23.5 Å². The van der Waals surface area contributed by atoms with Crippen LogP contribution in [0.5, 0.6) is 0 Å². The number of unbranched alkanes of at least 4 members (excludes halogenated alkanes) is 1. The van der Waals surface area contributed by atoms with E-state index in [1.165, 1.54) is 12.1 Å². The quantitative estimate of drug-likeness (QED) is 0.409. The summed E-state index contributed by atoms with van der Waals surface area (Å²) in [5.74, 6) is -1.77. The molecule has 1 aromatic carbocycles. The maximum Gasteiger partial charge on any atom is 0.159 e. The molecule has 7 heteroatoms. The van der Waals surface area contributed by atoms with Gasteiger partial charge in [0.1, 0.15) is 0 Å². The Morgan fingerprint density at radius 2 is 1.84 bits per heavy atom. The van der Waals surface area contributed by atoms with E-state index in [4.69, 9.17) is 4.98 Å². The Morgan fingerprint density at radius 3 is 2.69 bits per heavy atom. The Hall–Kier alpha value is -3.74. The van der Waals surface area contributed by atoms with Gasteiger partial charge >= 0.3 is 0 Å². The van der Waals surface area contributed by atoms with Gasteiger partial charge in [0, 0.05) is 35.6 Å². The molecule has 0 fully saturated rings. The van der Waals surface area contributed by atoms with Crippen LogP contribution in [-0.4, -0.2) is 32.0 Å². The fraction of sp³-hybridized carbons (Fsp3) is 0.200. The fourth-order valence-electron chi connectivity index (χ4n) is 3.78. The summed E-state index contributed by atoms with van der Waals surface area (Å²) in [5.41, 5.74) is 5.90. The first kappa shape index (κ1) is 20.2. The number of fused-ring (bicyclic) bond motifs is 1. The molecular weight excluding hydrogens is 408 g/mol. The third-order valence-corrected chi connectivity index (χ3v) is 5.48. The summed E-state index contributed by atoms with van der Waals surface area (Å²) in [4.78, 5) is 13.8. The summed E-state index contributed by atoms with van der Waals surface area (Å²) in [6, 6.07) is 11.6. The zero-order valence-electron chi connectivity index (χ0n) is 17.6. The second-order valence-electron chi connectivity index (χ2n) is 7.71. The first-order chi connectivity index (χ1) is 15.6.